The summed E-state index contributed by atoms with van der Waals surface area (Å²) in [6.45, 7) is 3.83. The Bertz CT molecular complexity index is 607. The standard InChI is InChI=1S/C39H76O5/c1-3-5-7-9-11-13-15-17-19-21-23-25-27-29-31-33-38(42)37(39(43)44-35-36(41)34-40)32-30-28-26-24-22-20-18-16-14-12-10-8-6-4-2/h36-37,40-41H,3-35H2,1-2H3. The molecule has 0 saturated carbocycles. The van der Waals surface area contributed by atoms with Gasteiger partial charge in [0.25, 0.3) is 0 Å². The van der Waals surface area contributed by atoms with E-state index in [4.69, 9.17) is 9.84 Å². The lowest BCUT2D eigenvalue weighted by atomic mass is 9.92. The number of rotatable bonds is 36. The summed E-state index contributed by atoms with van der Waals surface area (Å²) in [7, 11) is 0. The lowest BCUT2D eigenvalue weighted by Gasteiger charge is -2.16. The number of carbonyl (C=O) groups excluding carboxylic acids is 2. The zero-order chi connectivity index (χ0) is 32.4. The van der Waals surface area contributed by atoms with Crippen LogP contribution >= 0.6 is 0 Å². The zero-order valence-corrected chi connectivity index (χ0v) is 29.6. The van der Waals surface area contributed by atoms with Crippen molar-refractivity contribution in [3.63, 3.8) is 0 Å². The largest absolute Gasteiger partial charge is 0.462 e. The highest BCUT2D eigenvalue weighted by molar-refractivity contribution is 5.98. The van der Waals surface area contributed by atoms with Gasteiger partial charge in [0.2, 0.25) is 0 Å². The molecule has 0 amide bonds. The number of esters is 1. The minimum absolute atomic E-state index is 0.0159. The highest BCUT2D eigenvalue weighted by Gasteiger charge is 2.27. The van der Waals surface area contributed by atoms with E-state index in [0.29, 0.717) is 12.8 Å². The predicted molar refractivity (Wildman–Crippen MR) is 187 cm³/mol. The minimum atomic E-state index is -1.09. The van der Waals surface area contributed by atoms with Crippen molar-refractivity contribution in [2.75, 3.05) is 13.2 Å². The third kappa shape index (κ3) is 29.8. The summed E-state index contributed by atoms with van der Waals surface area (Å²) in [5, 5.41) is 18.6. The van der Waals surface area contributed by atoms with E-state index in [2.05, 4.69) is 13.8 Å². The molecule has 0 rings (SSSR count). The predicted octanol–water partition coefficient (Wildman–Crippen LogP) is 11.2. The number of carbonyl (C=O) groups is 2. The SMILES string of the molecule is CCCCCCCCCCCCCCCCCC(=O)C(CCCCCCCCCCCCCCCC)C(=O)OCC(O)CO. The number of aliphatic hydroxyl groups is 2. The molecule has 0 aromatic rings. The summed E-state index contributed by atoms with van der Waals surface area (Å²) in [6.07, 6.45) is 37.0. The number of ketones is 1. The van der Waals surface area contributed by atoms with E-state index >= 15 is 0 Å². The van der Waals surface area contributed by atoms with Crippen molar-refractivity contribution >= 4 is 11.8 Å². The molecule has 0 fully saturated rings. The minimum Gasteiger partial charge on any atom is -0.462 e. The Balaban J connectivity index is 4.00. The van der Waals surface area contributed by atoms with E-state index in [1.807, 2.05) is 0 Å². The maximum Gasteiger partial charge on any atom is 0.316 e. The van der Waals surface area contributed by atoms with E-state index in [9.17, 15) is 14.7 Å². The Hall–Kier alpha value is -0.940. The van der Waals surface area contributed by atoms with E-state index in [0.717, 1.165) is 38.5 Å². The van der Waals surface area contributed by atoms with Crippen LogP contribution < -0.4 is 0 Å². The summed E-state index contributed by atoms with van der Waals surface area (Å²) >= 11 is 0. The van der Waals surface area contributed by atoms with Gasteiger partial charge in [-0.1, -0.05) is 194 Å². The van der Waals surface area contributed by atoms with Gasteiger partial charge in [0, 0.05) is 6.42 Å². The second kappa shape index (κ2) is 34.9. The molecule has 5 nitrogen and oxygen atoms in total. The number of Topliss-reactive ketones (excluding diaryl/α,β-unsaturated/α-hetero) is 1. The fourth-order valence-electron chi connectivity index (χ4n) is 6.13. The summed E-state index contributed by atoms with van der Waals surface area (Å²) in [6, 6.07) is 0. The maximum atomic E-state index is 13.0. The van der Waals surface area contributed by atoms with Crippen LogP contribution in [0.3, 0.4) is 0 Å². The topological polar surface area (TPSA) is 83.8 Å². The number of aliphatic hydroxyl groups excluding tert-OH is 2. The fourth-order valence-corrected chi connectivity index (χ4v) is 6.13. The molecule has 0 aromatic heterocycles. The summed E-state index contributed by atoms with van der Waals surface area (Å²) in [5.74, 6) is -1.28. The third-order valence-corrected chi connectivity index (χ3v) is 9.17. The van der Waals surface area contributed by atoms with Gasteiger partial charge < -0.3 is 14.9 Å². The van der Waals surface area contributed by atoms with Gasteiger partial charge in [0.1, 0.15) is 24.4 Å². The van der Waals surface area contributed by atoms with E-state index in [-0.39, 0.29) is 12.4 Å². The molecule has 0 aliphatic carbocycles. The molecule has 0 aliphatic heterocycles. The molecular weight excluding hydrogens is 548 g/mol. The normalized spacial score (nSPS) is 12.8. The molecule has 0 spiro atoms. The van der Waals surface area contributed by atoms with Crippen LogP contribution in [0.4, 0.5) is 0 Å². The first kappa shape index (κ1) is 43.1. The van der Waals surface area contributed by atoms with Crippen molar-refractivity contribution in [2.45, 2.75) is 219 Å². The van der Waals surface area contributed by atoms with Crippen LogP contribution in [0, 0.1) is 5.92 Å². The third-order valence-electron chi connectivity index (χ3n) is 9.17. The van der Waals surface area contributed by atoms with Crippen molar-refractivity contribution < 1.29 is 24.5 Å². The first-order valence-corrected chi connectivity index (χ1v) is 19.5. The van der Waals surface area contributed by atoms with Gasteiger partial charge >= 0.3 is 5.97 Å². The number of hydrogen-bond donors (Lipinski definition) is 2. The summed E-state index contributed by atoms with van der Waals surface area (Å²) in [5.41, 5.74) is 0. The van der Waals surface area contributed by atoms with Crippen LogP contribution in [-0.2, 0) is 14.3 Å². The van der Waals surface area contributed by atoms with Crippen LogP contribution in [0.5, 0.6) is 0 Å². The molecule has 262 valence electrons. The Morgan fingerprint density at radius 3 is 1.16 bits per heavy atom. The van der Waals surface area contributed by atoms with E-state index in [1.54, 1.807) is 0 Å². The summed E-state index contributed by atoms with van der Waals surface area (Å²) < 4.78 is 5.21. The molecule has 0 aliphatic rings. The van der Waals surface area contributed by atoms with E-state index < -0.39 is 24.6 Å². The van der Waals surface area contributed by atoms with Gasteiger partial charge in [-0.15, -0.1) is 0 Å². The van der Waals surface area contributed by atoms with Crippen LogP contribution in [0.2, 0.25) is 0 Å². The fraction of sp³-hybridized carbons (Fsp3) is 0.949. The maximum absolute atomic E-state index is 13.0. The molecule has 2 atom stereocenters. The number of ether oxygens (including phenoxy) is 1. The van der Waals surface area contributed by atoms with Gasteiger partial charge in [-0.3, -0.25) is 9.59 Å². The van der Waals surface area contributed by atoms with Gasteiger partial charge in [-0.05, 0) is 12.8 Å². The van der Waals surface area contributed by atoms with Crippen molar-refractivity contribution in [3.8, 4) is 0 Å². The molecule has 2 unspecified atom stereocenters. The summed E-state index contributed by atoms with van der Waals surface area (Å²) in [4.78, 5) is 25.7. The molecule has 5 heteroatoms. The van der Waals surface area contributed by atoms with Crippen molar-refractivity contribution in [1.82, 2.24) is 0 Å². The lowest BCUT2D eigenvalue weighted by Crippen LogP contribution is -2.30. The Morgan fingerprint density at radius 2 is 0.818 bits per heavy atom. The quantitative estimate of drug-likeness (QED) is 0.0411. The van der Waals surface area contributed by atoms with Gasteiger partial charge in [0.05, 0.1) is 6.61 Å². The highest BCUT2D eigenvalue weighted by atomic mass is 16.5. The molecule has 44 heavy (non-hydrogen) atoms. The molecule has 0 aromatic carbocycles. The lowest BCUT2D eigenvalue weighted by molar-refractivity contribution is -0.155. The zero-order valence-electron chi connectivity index (χ0n) is 29.6. The van der Waals surface area contributed by atoms with Gasteiger partial charge in [0.15, 0.2) is 0 Å². The van der Waals surface area contributed by atoms with Crippen LogP contribution in [-0.4, -0.2) is 41.3 Å². The van der Waals surface area contributed by atoms with Crippen LogP contribution in [0.1, 0.15) is 213 Å². The second-order valence-corrected chi connectivity index (χ2v) is 13.6. The molecule has 0 saturated heterocycles. The van der Waals surface area contributed by atoms with Crippen LogP contribution in [0.25, 0.3) is 0 Å². The monoisotopic (exact) mass is 625 g/mol. The Morgan fingerprint density at radius 1 is 0.500 bits per heavy atom. The van der Waals surface area contributed by atoms with Crippen LogP contribution in [0.15, 0.2) is 0 Å². The molecule has 0 heterocycles. The molecule has 0 bridgehead atoms. The van der Waals surface area contributed by atoms with Gasteiger partial charge in [-0.2, -0.15) is 0 Å². The average molecular weight is 625 g/mol. The van der Waals surface area contributed by atoms with E-state index in [1.165, 1.54) is 148 Å². The Kier molecular flexibility index (Phi) is 34.2. The molecule has 2 N–H and O–H groups in total. The number of hydrogen-bond acceptors (Lipinski definition) is 5. The van der Waals surface area contributed by atoms with Crippen molar-refractivity contribution in [2.24, 2.45) is 5.92 Å². The average Bonchev–Trinajstić information content (AvgIpc) is 3.03. The second-order valence-electron chi connectivity index (χ2n) is 13.6. The van der Waals surface area contributed by atoms with Gasteiger partial charge in [-0.25, -0.2) is 0 Å². The Labute approximate surface area is 274 Å². The first-order valence-electron chi connectivity index (χ1n) is 19.5. The van der Waals surface area contributed by atoms with Crippen molar-refractivity contribution in [1.29, 1.82) is 0 Å². The molecule has 0 radical (unpaired) electrons. The molecular formula is C39H76O5. The number of unbranched alkanes of at least 4 members (excludes halogenated alkanes) is 27. The highest BCUT2D eigenvalue weighted by Crippen LogP contribution is 2.20. The smallest absolute Gasteiger partial charge is 0.316 e. The first-order chi connectivity index (χ1) is 21.6. The van der Waals surface area contributed by atoms with Crippen molar-refractivity contribution in [3.05, 3.63) is 0 Å².